The second-order valence-electron chi connectivity index (χ2n) is 3.69. The van der Waals surface area contributed by atoms with E-state index in [0.29, 0.717) is 6.04 Å². The van der Waals surface area contributed by atoms with E-state index in [0.717, 1.165) is 17.8 Å². The number of nitrogens with zero attached hydrogens (tertiary/aromatic N) is 1. The largest absolute Gasteiger partial charge is 0.402 e. The van der Waals surface area contributed by atoms with Crippen LogP contribution in [0.2, 0.25) is 0 Å². The molecule has 0 saturated heterocycles. The summed E-state index contributed by atoms with van der Waals surface area (Å²) >= 11 is 0. The number of hydrogen-bond donors (Lipinski definition) is 1. The summed E-state index contributed by atoms with van der Waals surface area (Å²) < 4.78 is 0. The molecule has 0 aromatic carbocycles. The van der Waals surface area contributed by atoms with Gasteiger partial charge in [0.05, 0.1) is 0 Å². The zero-order chi connectivity index (χ0) is 11.1. The van der Waals surface area contributed by atoms with Crippen molar-refractivity contribution in [3.05, 3.63) is 36.2 Å². The number of likely N-dealkylation sites (N-methyl/N-ethyl adjacent to an activating group) is 1. The first-order chi connectivity index (χ1) is 6.49. The molecule has 0 saturated carbocycles. The van der Waals surface area contributed by atoms with Crippen LogP contribution in [0.1, 0.15) is 27.2 Å². The molecule has 0 bridgehead atoms. The Morgan fingerprint density at radius 3 is 2.50 bits per heavy atom. The highest BCUT2D eigenvalue weighted by molar-refractivity contribution is 5.19. The molecule has 0 aliphatic heterocycles. The maximum absolute atomic E-state index is 5.82. The molecule has 0 radical (unpaired) electrons. The van der Waals surface area contributed by atoms with Gasteiger partial charge < -0.3 is 10.6 Å². The Morgan fingerprint density at radius 1 is 1.50 bits per heavy atom. The second kappa shape index (κ2) is 6.30. The van der Waals surface area contributed by atoms with Gasteiger partial charge in [-0.15, -0.1) is 0 Å². The Bertz CT molecular complexity index is 237. The SMILES string of the molecule is C=C(/C=C(/N)C/C=C\C)N(C)C(C)C. The highest BCUT2D eigenvalue weighted by Gasteiger charge is 2.03. The van der Waals surface area contributed by atoms with E-state index < -0.39 is 0 Å². The third-order valence-electron chi connectivity index (χ3n) is 2.17. The van der Waals surface area contributed by atoms with Gasteiger partial charge in [-0.3, -0.25) is 0 Å². The summed E-state index contributed by atoms with van der Waals surface area (Å²) in [6.45, 7) is 10.2. The van der Waals surface area contributed by atoms with E-state index in [1.165, 1.54) is 0 Å². The van der Waals surface area contributed by atoms with E-state index in [-0.39, 0.29) is 0 Å². The van der Waals surface area contributed by atoms with E-state index in [1.54, 1.807) is 0 Å². The van der Waals surface area contributed by atoms with Crippen LogP contribution in [0.5, 0.6) is 0 Å². The van der Waals surface area contributed by atoms with Gasteiger partial charge in [0.25, 0.3) is 0 Å². The minimum absolute atomic E-state index is 0.452. The first kappa shape index (κ1) is 12.8. The van der Waals surface area contributed by atoms with Crippen molar-refractivity contribution in [1.29, 1.82) is 0 Å². The minimum atomic E-state index is 0.452. The standard InChI is InChI=1S/C12H22N2/c1-6-7-8-12(13)9-11(4)14(5)10(2)3/h6-7,9-10H,4,8,13H2,1-3,5H3/b7-6-,12-9+. The average molecular weight is 194 g/mol. The first-order valence-electron chi connectivity index (χ1n) is 4.98. The molecule has 0 aliphatic carbocycles. The van der Waals surface area contributed by atoms with Gasteiger partial charge >= 0.3 is 0 Å². The van der Waals surface area contributed by atoms with Crippen molar-refractivity contribution in [3.63, 3.8) is 0 Å². The van der Waals surface area contributed by atoms with Gasteiger partial charge in [0.1, 0.15) is 0 Å². The highest BCUT2D eigenvalue weighted by Crippen LogP contribution is 2.08. The monoisotopic (exact) mass is 194 g/mol. The van der Waals surface area contributed by atoms with Crippen LogP contribution in [0, 0.1) is 0 Å². The summed E-state index contributed by atoms with van der Waals surface area (Å²) in [6.07, 6.45) is 6.76. The van der Waals surface area contributed by atoms with Crippen molar-refractivity contribution >= 4 is 0 Å². The predicted octanol–water partition coefficient (Wildman–Crippen LogP) is 2.65. The maximum Gasteiger partial charge on any atom is 0.0310 e. The third-order valence-corrected chi connectivity index (χ3v) is 2.17. The number of allylic oxidation sites excluding steroid dienone is 3. The fourth-order valence-electron chi connectivity index (χ4n) is 0.960. The Morgan fingerprint density at radius 2 is 2.07 bits per heavy atom. The van der Waals surface area contributed by atoms with Crippen LogP contribution in [-0.2, 0) is 0 Å². The van der Waals surface area contributed by atoms with Gasteiger partial charge in [-0.2, -0.15) is 0 Å². The molecule has 0 rings (SSSR count). The van der Waals surface area contributed by atoms with Crippen LogP contribution < -0.4 is 5.73 Å². The Kier molecular flexibility index (Phi) is 5.77. The fraction of sp³-hybridized carbons (Fsp3) is 0.500. The van der Waals surface area contributed by atoms with E-state index >= 15 is 0 Å². The molecular formula is C12H22N2. The number of rotatable bonds is 5. The summed E-state index contributed by atoms with van der Waals surface area (Å²) in [5.41, 5.74) is 7.63. The van der Waals surface area contributed by atoms with Crippen molar-refractivity contribution in [3.8, 4) is 0 Å². The van der Waals surface area contributed by atoms with E-state index in [1.807, 2.05) is 32.2 Å². The van der Waals surface area contributed by atoms with Crippen molar-refractivity contribution in [2.45, 2.75) is 33.2 Å². The molecule has 0 aromatic heterocycles. The smallest absolute Gasteiger partial charge is 0.0310 e. The molecule has 0 spiro atoms. The molecule has 14 heavy (non-hydrogen) atoms. The zero-order valence-corrected chi connectivity index (χ0v) is 9.75. The molecule has 0 aromatic rings. The summed E-state index contributed by atoms with van der Waals surface area (Å²) in [5.74, 6) is 0. The van der Waals surface area contributed by atoms with Gasteiger partial charge in [-0.25, -0.2) is 0 Å². The lowest BCUT2D eigenvalue weighted by molar-refractivity contribution is 0.355. The molecule has 0 amide bonds. The summed E-state index contributed by atoms with van der Waals surface area (Å²) in [7, 11) is 2.02. The van der Waals surface area contributed by atoms with Crippen LogP contribution in [-0.4, -0.2) is 18.0 Å². The van der Waals surface area contributed by atoms with E-state index in [4.69, 9.17) is 5.73 Å². The van der Waals surface area contributed by atoms with E-state index in [9.17, 15) is 0 Å². The molecular weight excluding hydrogens is 172 g/mol. The Balaban J connectivity index is 4.27. The topological polar surface area (TPSA) is 29.3 Å². The van der Waals surface area contributed by atoms with Crippen molar-refractivity contribution in [2.75, 3.05) is 7.05 Å². The van der Waals surface area contributed by atoms with Crippen LogP contribution in [0.15, 0.2) is 36.2 Å². The van der Waals surface area contributed by atoms with Crippen LogP contribution in [0.3, 0.4) is 0 Å². The molecule has 80 valence electrons. The van der Waals surface area contributed by atoms with E-state index in [2.05, 4.69) is 25.3 Å². The van der Waals surface area contributed by atoms with Crippen LogP contribution >= 0.6 is 0 Å². The molecule has 2 nitrogen and oxygen atoms in total. The molecule has 0 atom stereocenters. The van der Waals surface area contributed by atoms with Gasteiger partial charge in [0.2, 0.25) is 0 Å². The lowest BCUT2D eigenvalue weighted by Crippen LogP contribution is -2.24. The molecule has 0 aliphatic rings. The van der Waals surface area contributed by atoms with Gasteiger partial charge in [-0.05, 0) is 26.8 Å². The molecule has 2 N–H and O–H groups in total. The quantitative estimate of drug-likeness (QED) is 0.538. The summed E-state index contributed by atoms with van der Waals surface area (Å²) in [5, 5.41) is 0. The lowest BCUT2D eigenvalue weighted by atomic mass is 10.2. The molecule has 0 unspecified atom stereocenters. The number of nitrogens with two attached hydrogens (primary N) is 1. The van der Waals surface area contributed by atoms with Crippen molar-refractivity contribution in [2.24, 2.45) is 5.73 Å². The number of hydrogen-bond acceptors (Lipinski definition) is 2. The predicted molar refractivity (Wildman–Crippen MR) is 63.7 cm³/mol. The average Bonchev–Trinajstić information content (AvgIpc) is 2.13. The van der Waals surface area contributed by atoms with Gasteiger partial charge in [-0.1, -0.05) is 18.7 Å². The van der Waals surface area contributed by atoms with Crippen molar-refractivity contribution < 1.29 is 0 Å². The maximum atomic E-state index is 5.82. The minimum Gasteiger partial charge on any atom is -0.402 e. The fourth-order valence-corrected chi connectivity index (χ4v) is 0.960. The zero-order valence-electron chi connectivity index (χ0n) is 9.75. The Labute approximate surface area is 87.8 Å². The Hall–Kier alpha value is -1.18. The molecule has 0 heterocycles. The summed E-state index contributed by atoms with van der Waals surface area (Å²) in [6, 6.07) is 0.452. The lowest BCUT2D eigenvalue weighted by Gasteiger charge is -2.24. The van der Waals surface area contributed by atoms with Crippen LogP contribution in [0.25, 0.3) is 0 Å². The van der Waals surface area contributed by atoms with Gasteiger partial charge in [0.15, 0.2) is 0 Å². The summed E-state index contributed by atoms with van der Waals surface area (Å²) in [4.78, 5) is 2.10. The second-order valence-corrected chi connectivity index (χ2v) is 3.69. The van der Waals surface area contributed by atoms with Gasteiger partial charge in [0, 0.05) is 30.9 Å². The van der Waals surface area contributed by atoms with Crippen molar-refractivity contribution in [1.82, 2.24) is 4.90 Å². The normalized spacial score (nSPS) is 12.5. The highest BCUT2D eigenvalue weighted by atomic mass is 15.1. The molecule has 0 fully saturated rings. The molecule has 2 heteroatoms. The third kappa shape index (κ3) is 4.75. The first-order valence-corrected chi connectivity index (χ1v) is 4.98. The van der Waals surface area contributed by atoms with Crippen LogP contribution in [0.4, 0.5) is 0 Å².